The van der Waals surface area contributed by atoms with Gasteiger partial charge in [0.2, 0.25) is 5.91 Å². The standard InChI is InChI=1S/C23H22N4O2/c24-22(28)18-8-4-9-19(16-18)26-12-14-27(15-13-26)23(29)20-10-5-11-25-21(20)17-6-2-1-3-7-17/h1-11,16H,12-15H2,(H2,24,28). The summed E-state index contributed by atoms with van der Waals surface area (Å²) in [6.45, 7) is 2.58. The molecule has 0 spiro atoms. The quantitative estimate of drug-likeness (QED) is 0.748. The molecule has 6 heteroatoms. The van der Waals surface area contributed by atoms with E-state index in [0.717, 1.165) is 11.3 Å². The number of aromatic nitrogens is 1. The van der Waals surface area contributed by atoms with Crippen LogP contribution < -0.4 is 10.6 Å². The maximum absolute atomic E-state index is 13.2. The van der Waals surface area contributed by atoms with Crippen LogP contribution in [0.2, 0.25) is 0 Å². The smallest absolute Gasteiger partial charge is 0.256 e. The second-order valence-electron chi connectivity index (χ2n) is 6.96. The third-order valence-corrected chi connectivity index (χ3v) is 5.15. The number of carbonyl (C=O) groups excluding carboxylic acids is 2. The van der Waals surface area contributed by atoms with Gasteiger partial charge in [-0.3, -0.25) is 14.6 Å². The van der Waals surface area contributed by atoms with Crippen molar-refractivity contribution in [1.82, 2.24) is 9.88 Å². The summed E-state index contributed by atoms with van der Waals surface area (Å²) < 4.78 is 0. The van der Waals surface area contributed by atoms with Crippen molar-refractivity contribution in [2.45, 2.75) is 0 Å². The third kappa shape index (κ3) is 3.96. The summed E-state index contributed by atoms with van der Waals surface area (Å²) in [4.78, 5) is 33.1. The maximum atomic E-state index is 13.2. The Kier molecular flexibility index (Phi) is 5.24. The van der Waals surface area contributed by atoms with Gasteiger partial charge in [0, 0.05) is 49.2 Å². The monoisotopic (exact) mass is 386 g/mol. The van der Waals surface area contributed by atoms with Crippen LogP contribution in [0.25, 0.3) is 11.3 Å². The highest BCUT2D eigenvalue weighted by Gasteiger charge is 2.25. The van der Waals surface area contributed by atoms with E-state index in [1.807, 2.05) is 53.4 Å². The van der Waals surface area contributed by atoms with Gasteiger partial charge in [-0.05, 0) is 30.3 Å². The zero-order chi connectivity index (χ0) is 20.2. The molecule has 1 aromatic heterocycles. The van der Waals surface area contributed by atoms with Crippen LogP contribution in [-0.4, -0.2) is 47.9 Å². The van der Waals surface area contributed by atoms with Crippen LogP contribution in [0.4, 0.5) is 5.69 Å². The molecule has 1 saturated heterocycles. The molecule has 0 saturated carbocycles. The van der Waals surface area contributed by atoms with E-state index in [0.29, 0.717) is 43.0 Å². The van der Waals surface area contributed by atoms with E-state index >= 15 is 0 Å². The number of amides is 2. The number of carbonyl (C=O) groups is 2. The largest absolute Gasteiger partial charge is 0.368 e. The normalized spacial score (nSPS) is 13.9. The molecule has 29 heavy (non-hydrogen) atoms. The average Bonchev–Trinajstić information content (AvgIpc) is 2.79. The van der Waals surface area contributed by atoms with Crippen molar-refractivity contribution in [1.29, 1.82) is 0 Å². The van der Waals surface area contributed by atoms with Gasteiger partial charge in [-0.1, -0.05) is 36.4 Å². The molecule has 1 aliphatic heterocycles. The first-order valence-corrected chi connectivity index (χ1v) is 9.58. The topological polar surface area (TPSA) is 79.5 Å². The van der Waals surface area contributed by atoms with Gasteiger partial charge in [-0.2, -0.15) is 0 Å². The van der Waals surface area contributed by atoms with Crippen molar-refractivity contribution in [2.75, 3.05) is 31.1 Å². The number of nitrogens with two attached hydrogens (primary N) is 1. The lowest BCUT2D eigenvalue weighted by Crippen LogP contribution is -2.49. The molecule has 0 radical (unpaired) electrons. The molecular weight excluding hydrogens is 364 g/mol. The minimum atomic E-state index is -0.439. The maximum Gasteiger partial charge on any atom is 0.256 e. The van der Waals surface area contributed by atoms with E-state index in [1.54, 1.807) is 24.4 Å². The van der Waals surface area contributed by atoms with E-state index < -0.39 is 5.91 Å². The fraction of sp³-hybridized carbons (Fsp3) is 0.174. The van der Waals surface area contributed by atoms with Crippen LogP contribution in [0.3, 0.4) is 0 Å². The molecule has 6 nitrogen and oxygen atoms in total. The molecule has 0 unspecified atom stereocenters. The second-order valence-corrected chi connectivity index (χ2v) is 6.96. The molecule has 146 valence electrons. The fourth-order valence-electron chi connectivity index (χ4n) is 3.60. The number of nitrogens with zero attached hydrogens (tertiary/aromatic N) is 3. The van der Waals surface area contributed by atoms with Crippen LogP contribution in [0.1, 0.15) is 20.7 Å². The van der Waals surface area contributed by atoms with Crippen LogP contribution in [0.15, 0.2) is 72.9 Å². The Bertz CT molecular complexity index is 1030. The summed E-state index contributed by atoms with van der Waals surface area (Å²) in [5, 5.41) is 0. The predicted molar refractivity (Wildman–Crippen MR) is 113 cm³/mol. The Morgan fingerprint density at radius 3 is 2.34 bits per heavy atom. The highest BCUT2D eigenvalue weighted by Crippen LogP contribution is 2.24. The van der Waals surface area contributed by atoms with Gasteiger partial charge in [0.05, 0.1) is 11.3 Å². The van der Waals surface area contributed by atoms with E-state index in [-0.39, 0.29) is 5.91 Å². The predicted octanol–water partition coefficient (Wildman–Crippen LogP) is 2.81. The van der Waals surface area contributed by atoms with Crippen LogP contribution >= 0.6 is 0 Å². The van der Waals surface area contributed by atoms with E-state index in [2.05, 4.69) is 9.88 Å². The third-order valence-electron chi connectivity index (χ3n) is 5.15. The Morgan fingerprint density at radius 1 is 0.862 bits per heavy atom. The number of rotatable bonds is 4. The van der Waals surface area contributed by atoms with Gasteiger partial charge < -0.3 is 15.5 Å². The highest BCUT2D eigenvalue weighted by molar-refractivity contribution is 6.00. The number of hydrogen-bond donors (Lipinski definition) is 1. The molecule has 1 fully saturated rings. The van der Waals surface area contributed by atoms with Crippen molar-refractivity contribution in [3.8, 4) is 11.3 Å². The Balaban J connectivity index is 1.49. The van der Waals surface area contributed by atoms with Crippen molar-refractivity contribution in [3.05, 3.63) is 84.1 Å². The van der Waals surface area contributed by atoms with Crippen molar-refractivity contribution >= 4 is 17.5 Å². The van der Waals surface area contributed by atoms with E-state index in [9.17, 15) is 9.59 Å². The first kappa shape index (κ1) is 18.7. The molecular formula is C23H22N4O2. The lowest BCUT2D eigenvalue weighted by Gasteiger charge is -2.36. The summed E-state index contributed by atoms with van der Waals surface area (Å²) in [6, 6.07) is 20.7. The second kappa shape index (κ2) is 8.14. The Labute approximate surface area is 169 Å². The first-order chi connectivity index (χ1) is 14.1. The minimum Gasteiger partial charge on any atom is -0.368 e. The molecule has 0 aliphatic carbocycles. The minimum absolute atomic E-state index is 0.0116. The molecule has 2 amide bonds. The van der Waals surface area contributed by atoms with E-state index in [1.165, 1.54) is 0 Å². The van der Waals surface area contributed by atoms with Crippen molar-refractivity contribution in [3.63, 3.8) is 0 Å². The number of hydrogen-bond acceptors (Lipinski definition) is 4. The zero-order valence-corrected chi connectivity index (χ0v) is 16.0. The first-order valence-electron chi connectivity index (χ1n) is 9.58. The number of anilines is 1. The van der Waals surface area contributed by atoms with Crippen LogP contribution in [-0.2, 0) is 0 Å². The number of primary amides is 1. The Hall–Kier alpha value is -3.67. The number of piperazine rings is 1. The van der Waals surface area contributed by atoms with Gasteiger partial charge >= 0.3 is 0 Å². The summed E-state index contributed by atoms with van der Waals surface area (Å²) in [7, 11) is 0. The van der Waals surface area contributed by atoms with Crippen LogP contribution in [0, 0.1) is 0 Å². The average molecular weight is 386 g/mol. The number of benzene rings is 2. The molecule has 0 bridgehead atoms. The SMILES string of the molecule is NC(=O)c1cccc(N2CCN(C(=O)c3cccnc3-c3ccccc3)CC2)c1. The van der Waals surface area contributed by atoms with Crippen molar-refractivity contribution < 1.29 is 9.59 Å². The van der Waals surface area contributed by atoms with Gasteiger partial charge in [0.1, 0.15) is 0 Å². The summed E-state index contributed by atoms with van der Waals surface area (Å²) in [5.41, 5.74) is 9.06. The molecule has 2 heterocycles. The molecule has 0 atom stereocenters. The summed E-state index contributed by atoms with van der Waals surface area (Å²) in [5.74, 6) is -0.451. The summed E-state index contributed by atoms with van der Waals surface area (Å²) in [6.07, 6.45) is 1.71. The van der Waals surface area contributed by atoms with Gasteiger partial charge in [-0.25, -0.2) is 0 Å². The zero-order valence-electron chi connectivity index (χ0n) is 16.0. The molecule has 3 aromatic rings. The van der Waals surface area contributed by atoms with Gasteiger partial charge in [0.15, 0.2) is 0 Å². The molecule has 4 rings (SSSR count). The van der Waals surface area contributed by atoms with E-state index in [4.69, 9.17) is 5.73 Å². The Morgan fingerprint density at radius 2 is 1.62 bits per heavy atom. The van der Waals surface area contributed by atoms with Gasteiger partial charge in [-0.15, -0.1) is 0 Å². The highest BCUT2D eigenvalue weighted by atomic mass is 16.2. The molecule has 2 aromatic carbocycles. The summed E-state index contributed by atoms with van der Waals surface area (Å²) >= 11 is 0. The lowest BCUT2D eigenvalue weighted by molar-refractivity contribution is 0.0747. The van der Waals surface area contributed by atoms with Gasteiger partial charge in [0.25, 0.3) is 5.91 Å². The lowest BCUT2D eigenvalue weighted by atomic mass is 10.0. The fourth-order valence-corrected chi connectivity index (χ4v) is 3.60. The molecule has 1 aliphatic rings. The van der Waals surface area contributed by atoms with Crippen LogP contribution in [0.5, 0.6) is 0 Å². The van der Waals surface area contributed by atoms with Crippen molar-refractivity contribution in [2.24, 2.45) is 5.73 Å². The number of pyridine rings is 1. The molecule has 2 N–H and O–H groups in total.